The van der Waals surface area contributed by atoms with Gasteiger partial charge in [0.05, 0.1) is 12.2 Å². The summed E-state index contributed by atoms with van der Waals surface area (Å²) >= 11 is 0. The number of nitrogens with zero attached hydrogens (tertiary/aromatic N) is 1. The molecule has 0 saturated carbocycles. The maximum Gasteiger partial charge on any atom is 0.106 e. The van der Waals surface area contributed by atoms with Crippen molar-refractivity contribution in [3.63, 3.8) is 0 Å². The third-order valence-electron chi connectivity index (χ3n) is 3.51. The van der Waals surface area contributed by atoms with E-state index < -0.39 is 5.54 Å². The number of rotatable bonds is 7. The fraction of sp³-hybridized carbons (Fsp3) is 0.933. The minimum atomic E-state index is -0.511. The van der Waals surface area contributed by atoms with Crippen molar-refractivity contribution >= 4 is 0 Å². The average Bonchev–Trinajstić information content (AvgIpc) is 2.36. The normalized spacial score (nSPS) is 21.9. The first-order valence-electron chi connectivity index (χ1n) is 7.33. The lowest BCUT2D eigenvalue weighted by Gasteiger charge is -2.30. The molecule has 110 valence electrons. The Kier molecular flexibility index (Phi) is 6.78. The van der Waals surface area contributed by atoms with E-state index in [1.807, 2.05) is 6.92 Å². The predicted octanol–water partition coefficient (Wildman–Crippen LogP) is 2.49. The van der Waals surface area contributed by atoms with Crippen LogP contribution in [0.25, 0.3) is 0 Å². The van der Waals surface area contributed by atoms with Gasteiger partial charge in [0.2, 0.25) is 0 Å². The minimum Gasteiger partial charge on any atom is -0.381 e. The van der Waals surface area contributed by atoms with Crippen molar-refractivity contribution in [2.75, 3.05) is 19.8 Å². The van der Waals surface area contributed by atoms with Gasteiger partial charge in [-0.1, -0.05) is 0 Å². The summed E-state index contributed by atoms with van der Waals surface area (Å²) in [5.74, 6) is 0.614. The van der Waals surface area contributed by atoms with E-state index >= 15 is 0 Å². The highest BCUT2D eigenvalue weighted by Crippen LogP contribution is 2.19. The average molecular weight is 268 g/mol. The molecule has 2 atom stereocenters. The second kappa shape index (κ2) is 7.84. The highest BCUT2D eigenvalue weighted by atomic mass is 16.5. The van der Waals surface area contributed by atoms with Crippen molar-refractivity contribution in [2.24, 2.45) is 5.92 Å². The first-order chi connectivity index (χ1) is 8.95. The maximum absolute atomic E-state index is 9.32. The van der Waals surface area contributed by atoms with Gasteiger partial charge >= 0.3 is 0 Å². The van der Waals surface area contributed by atoms with E-state index in [0.717, 1.165) is 32.7 Å². The molecule has 2 unspecified atom stereocenters. The van der Waals surface area contributed by atoms with E-state index in [1.54, 1.807) is 0 Å². The van der Waals surface area contributed by atoms with Crippen LogP contribution in [0.15, 0.2) is 0 Å². The molecule has 1 N–H and O–H groups in total. The van der Waals surface area contributed by atoms with Gasteiger partial charge in [-0.2, -0.15) is 5.26 Å². The quantitative estimate of drug-likeness (QED) is 0.770. The zero-order valence-electron chi connectivity index (χ0n) is 12.7. The SMILES string of the molecule is CC(C)NC(C)(C#N)CC(C)OCC1CCOCC1. The van der Waals surface area contributed by atoms with Crippen LogP contribution in [0, 0.1) is 17.2 Å². The van der Waals surface area contributed by atoms with Crippen LogP contribution < -0.4 is 5.32 Å². The molecule has 0 aromatic heterocycles. The van der Waals surface area contributed by atoms with Gasteiger partial charge in [0, 0.05) is 32.3 Å². The molecular weight excluding hydrogens is 240 g/mol. The molecule has 4 heteroatoms. The molecule has 0 radical (unpaired) electrons. The Balaban J connectivity index is 2.32. The monoisotopic (exact) mass is 268 g/mol. The molecule has 0 bridgehead atoms. The minimum absolute atomic E-state index is 0.0961. The lowest BCUT2D eigenvalue weighted by Crippen LogP contribution is -2.47. The third-order valence-corrected chi connectivity index (χ3v) is 3.51. The summed E-state index contributed by atoms with van der Waals surface area (Å²) in [4.78, 5) is 0. The molecule has 19 heavy (non-hydrogen) atoms. The van der Waals surface area contributed by atoms with E-state index in [-0.39, 0.29) is 6.10 Å². The molecule has 0 aromatic rings. The van der Waals surface area contributed by atoms with Crippen molar-refractivity contribution in [2.45, 2.75) is 64.6 Å². The standard InChI is InChI=1S/C15H28N2O2/c1-12(2)17-15(4,11-16)9-13(3)19-10-14-5-7-18-8-6-14/h12-14,17H,5-10H2,1-4H3. The Morgan fingerprint density at radius 2 is 2.00 bits per heavy atom. The van der Waals surface area contributed by atoms with Crippen LogP contribution in [0.5, 0.6) is 0 Å². The predicted molar refractivity (Wildman–Crippen MR) is 75.9 cm³/mol. The largest absolute Gasteiger partial charge is 0.381 e. The molecule has 0 amide bonds. The van der Waals surface area contributed by atoms with E-state index in [4.69, 9.17) is 9.47 Å². The maximum atomic E-state index is 9.32. The lowest BCUT2D eigenvalue weighted by molar-refractivity contribution is -0.0126. The van der Waals surface area contributed by atoms with E-state index in [0.29, 0.717) is 18.4 Å². The summed E-state index contributed by atoms with van der Waals surface area (Å²) in [6, 6.07) is 2.67. The highest BCUT2D eigenvalue weighted by molar-refractivity contribution is 5.05. The summed E-state index contributed by atoms with van der Waals surface area (Å²) in [5, 5.41) is 12.6. The second-order valence-corrected chi connectivity index (χ2v) is 6.15. The summed E-state index contributed by atoms with van der Waals surface area (Å²) in [5.41, 5.74) is -0.511. The molecule has 0 aliphatic carbocycles. The molecule has 0 aromatic carbocycles. The third kappa shape index (κ3) is 6.38. The van der Waals surface area contributed by atoms with Crippen molar-refractivity contribution < 1.29 is 9.47 Å². The molecular formula is C15H28N2O2. The van der Waals surface area contributed by atoms with E-state index in [1.165, 1.54) is 0 Å². The van der Waals surface area contributed by atoms with Gasteiger partial charge in [0.15, 0.2) is 0 Å². The Labute approximate surface area is 117 Å². The molecule has 1 fully saturated rings. The Bertz CT molecular complexity index is 295. The van der Waals surface area contributed by atoms with Crippen LogP contribution in [0.2, 0.25) is 0 Å². The van der Waals surface area contributed by atoms with Gasteiger partial charge in [0.1, 0.15) is 5.54 Å². The summed E-state index contributed by atoms with van der Waals surface area (Å²) in [6.45, 7) is 10.6. The first kappa shape index (κ1) is 16.4. The Morgan fingerprint density at radius 3 is 2.53 bits per heavy atom. The van der Waals surface area contributed by atoms with Gasteiger partial charge in [-0.15, -0.1) is 0 Å². The van der Waals surface area contributed by atoms with Gasteiger partial charge in [-0.3, -0.25) is 5.32 Å². The fourth-order valence-corrected chi connectivity index (χ4v) is 2.62. The zero-order chi connectivity index (χ0) is 14.3. The van der Waals surface area contributed by atoms with Gasteiger partial charge in [-0.05, 0) is 46.5 Å². The van der Waals surface area contributed by atoms with Crippen LogP contribution in [-0.4, -0.2) is 37.5 Å². The molecule has 0 spiro atoms. The Hall–Kier alpha value is -0.630. The van der Waals surface area contributed by atoms with Crippen molar-refractivity contribution in [1.82, 2.24) is 5.32 Å². The highest BCUT2D eigenvalue weighted by Gasteiger charge is 2.27. The molecule has 1 rings (SSSR count). The lowest BCUT2D eigenvalue weighted by atomic mass is 9.95. The summed E-state index contributed by atoms with van der Waals surface area (Å²) in [6.07, 6.45) is 2.99. The van der Waals surface area contributed by atoms with Crippen LogP contribution in [0.1, 0.15) is 47.0 Å². The number of ether oxygens (including phenoxy) is 2. The van der Waals surface area contributed by atoms with Crippen molar-refractivity contribution in [1.29, 1.82) is 5.26 Å². The van der Waals surface area contributed by atoms with Crippen LogP contribution in [0.3, 0.4) is 0 Å². The molecule has 4 nitrogen and oxygen atoms in total. The number of hydrogen-bond donors (Lipinski definition) is 1. The van der Waals surface area contributed by atoms with Crippen molar-refractivity contribution in [3.05, 3.63) is 0 Å². The van der Waals surface area contributed by atoms with Crippen molar-refractivity contribution in [3.8, 4) is 6.07 Å². The van der Waals surface area contributed by atoms with Crippen LogP contribution >= 0.6 is 0 Å². The molecule has 1 saturated heterocycles. The van der Waals surface area contributed by atoms with Crippen LogP contribution in [-0.2, 0) is 9.47 Å². The van der Waals surface area contributed by atoms with Gasteiger partial charge in [0.25, 0.3) is 0 Å². The number of nitrogens with one attached hydrogen (secondary N) is 1. The zero-order valence-corrected chi connectivity index (χ0v) is 12.7. The van der Waals surface area contributed by atoms with Gasteiger partial charge in [-0.25, -0.2) is 0 Å². The summed E-state index contributed by atoms with van der Waals surface area (Å²) in [7, 11) is 0. The van der Waals surface area contributed by atoms with Gasteiger partial charge < -0.3 is 9.47 Å². The molecule has 1 heterocycles. The number of hydrogen-bond acceptors (Lipinski definition) is 4. The Morgan fingerprint density at radius 1 is 1.37 bits per heavy atom. The summed E-state index contributed by atoms with van der Waals surface area (Å²) < 4.78 is 11.3. The second-order valence-electron chi connectivity index (χ2n) is 6.15. The fourth-order valence-electron chi connectivity index (χ4n) is 2.62. The van der Waals surface area contributed by atoms with Crippen LogP contribution in [0.4, 0.5) is 0 Å². The first-order valence-corrected chi connectivity index (χ1v) is 7.33. The van der Waals surface area contributed by atoms with E-state index in [2.05, 4.69) is 32.2 Å². The molecule has 1 aliphatic heterocycles. The smallest absolute Gasteiger partial charge is 0.106 e. The van der Waals surface area contributed by atoms with E-state index in [9.17, 15) is 5.26 Å². The molecule has 1 aliphatic rings. The number of nitriles is 1. The topological polar surface area (TPSA) is 54.3 Å².